The Hall–Kier alpha value is 0.310. The van der Waals surface area contributed by atoms with Gasteiger partial charge in [0.05, 0.1) is 4.87 Å². The third kappa shape index (κ3) is 1.91. The van der Waals surface area contributed by atoms with Crippen LogP contribution in [0.1, 0.15) is 40.5 Å². The van der Waals surface area contributed by atoms with Crippen LogP contribution in [0, 0.1) is 6.54 Å². The van der Waals surface area contributed by atoms with Gasteiger partial charge in [0.2, 0.25) is 0 Å². The van der Waals surface area contributed by atoms with E-state index in [0.717, 1.165) is 0 Å². The first-order chi connectivity index (χ1) is 5.04. The maximum absolute atomic E-state index is 3.50. The largest absolute Gasteiger partial charge is 0.297 e. The molecular weight excluding hydrogens is 154 g/mol. The minimum Gasteiger partial charge on any atom is -0.297 e. The predicted octanol–water partition coefficient (Wildman–Crippen LogP) is 2.78. The standard InChI is InChI=1S/C9H18NS/c1-5-9(6-2)10-7-8(3,4)11-9/h7,10H,5-6H2,1-4H3. The molecule has 0 aromatic carbocycles. The molecule has 11 heavy (non-hydrogen) atoms. The lowest BCUT2D eigenvalue weighted by Crippen LogP contribution is -2.33. The van der Waals surface area contributed by atoms with E-state index in [9.17, 15) is 0 Å². The molecule has 0 amide bonds. The van der Waals surface area contributed by atoms with Crippen LogP contribution in [-0.4, -0.2) is 9.62 Å². The summed E-state index contributed by atoms with van der Waals surface area (Å²) in [6.07, 6.45) is 2.40. The van der Waals surface area contributed by atoms with Crippen LogP contribution >= 0.6 is 11.8 Å². The van der Waals surface area contributed by atoms with Gasteiger partial charge < -0.3 is 0 Å². The summed E-state index contributed by atoms with van der Waals surface area (Å²) in [5.41, 5.74) is 0. The van der Waals surface area contributed by atoms with Gasteiger partial charge in [0.25, 0.3) is 0 Å². The van der Waals surface area contributed by atoms with Crippen molar-refractivity contribution in [3.05, 3.63) is 6.54 Å². The van der Waals surface area contributed by atoms with Crippen molar-refractivity contribution in [2.75, 3.05) is 0 Å². The molecule has 1 saturated heterocycles. The van der Waals surface area contributed by atoms with Gasteiger partial charge in [0.1, 0.15) is 0 Å². The Balaban J connectivity index is 2.62. The van der Waals surface area contributed by atoms with Gasteiger partial charge in [-0.25, -0.2) is 0 Å². The summed E-state index contributed by atoms with van der Waals surface area (Å²) >= 11 is 2.05. The maximum Gasteiger partial charge on any atom is 0.0649 e. The summed E-state index contributed by atoms with van der Waals surface area (Å²) in [5.74, 6) is 0. The van der Waals surface area contributed by atoms with E-state index >= 15 is 0 Å². The van der Waals surface area contributed by atoms with Crippen molar-refractivity contribution >= 4 is 11.8 Å². The van der Waals surface area contributed by atoms with Crippen molar-refractivity contribution in [2.45, 2.75) is 50.2 Å². The summed E-state index contributed by atoms with van der Waals surface area (Å²) in [6.45, 7) is 11.2. The Morgan fingerprint density at radius 2 is 1.82 bits per heavy atom. The summed E-state index contributed by atoms with van der Waals surface area (Å²) in [5, 5.41) is 3.50. The van der Waals surface area contributed by atoms with Crippen LogP contribution in [0.25, 0.3) is 0 Å². The van der Waals surface area contributed by atoms with E-state index in [-0.39, 0.29) is 0 Å². The fourth-order valence-corrected chi connectivity index (χ4v) is 3.00. The van der Waals surface area contributed by atoms with Gasteiger partial charge >= 0.3 is 0 Å². The van der Waals surface area contributed by atoms with Crippen molar-refractivity contribution < 1.29 is 0 Å². The third-order valence-corrected chi connectivity index (χ3v) is 4.01. The van der Waals surface area contributed by atoms with Crippen molar-refractivity contribution in [1.29, 1.82) is 0 Å². The van der Waals surface area contributed by atoms with Crippen LogP contribution in [0.15, 0.2) is 0 Å². The molecule has 0 unspecified atom stereocenters. The summed E-state index contributed by atoms with van der Waals surface area (Å²) < 4.78 is 0.312. The van der Waals surface area contributed by atoms with Crippen LogP contribution in [0.3, 0.4) is 0 Å². The van der Waals surface area contributed by atoms with Gasteiger partial charge in [0.15, 0.2) is 0 Å². The van der Waals surface area contributed by atoms with Crippen LogP contribution in [0.4, 0.5) is 0 Å². The first kappa shape index (κ1) is 9.40. The summed E-state index contributed by atoms with van der Waals surface area (Å²) in [7, 11) is 0. The monoisotopic (exact) mass is 172 g/mol. The highest BCUT2D eigenvalue weighted by Crippen LogP contribution is 2.46. The van der Waals surface area contributed by atoms with E-state index in [0.29, 0.717) is 9.62 Å². The fourth-order valence-electron chi connectivity index (χ4n) is 1.47. The smallest absolute Gasteiger partial charge is 0.0649 e. The number of nitrogens with one attached hydrogen (secondary N) is 1. The Kier molecular flexibility index (Phi) is 2.55. The SMILES string of the molecule is CCC1(CC)N[CH]C(C)(C)S1. The van der Waals surface area contributed by atoms with Crippen molar-refractivity contribution in [3.8, 4) is 0 Å². The zero-order valence-corrected chi connectivity index (χ0v) is 8.72. The zero-order chi connectivity index (χ0) is 8.54. The molecule has 0 aromatic rings. The molecule has 0 aliphatic carbocycles. The molecule has 1 nitrogen and oxygen atoms in total. The zero-order valence-electron chi connectivity index (χ0n) is 7.90. The quantitative estimate of drug-likeness (QED) is 0.687. The molecular formula is C9H18NS. The molecule has 1 rings (SSSR count). The highest BCUT2D eigenvalue weighted by molar-refractivity contribution is 8.02. The Morgan fingerprint density at radius 1 is 1.27 bits per heavy atom. The van der Waals surface area contributed by atoms with Crippen molar-refractivity contribution in [1.82, 2.24) is 5.32 Å². The van der Waals surface area contributed by atoms with Crippen LogP contribution in [0.5, 0.6) is 0 Å². The van der Waals surface area contributed by atoms with Gasteiger partial charge in [-0.3, -0.25) is 5.32 Å². The lowest BCUT2D eigenvalue weighted by Gasteiger charge is -2.27. The second kappa shape index (κ2) is 2.98. The molecule has 1 heterocycles. The molecule has 2 heteroatoms. The minimum absolute atomic E-state index is 0.312. The Morgan fingerprint density at radius 3 is 2.00 bits per heavy atom. The third-order valence-electron chi connectivity index (χ3n) is 2.28. The van der Waals surface area contributed by atoms with Gasteiger partial charge in [-0.1, -0.05) is 13.8 Å². The van der Waals surface area contributed by atoms with E-state index in [4.69, 9.17) is 0 Å². The number of rotatable bonds is 2. The molecule has 0 spiro atoms. The lowest BCUT2D eigenvalue weighted by atomic mass is 10.1. The highest BCUT2D eigenvalue weighted by Gasteiger charge is 2.41. The molecule has 1 radical (unpaired) electrons. The molecule has 1 N–H and O–H groups in total. The first-order valence-electron chi connectivity index (χ1n) is 4.36. The molecule has 0 bridgehead atoms. The molecule has 0 aromatic heterocycles. The van der Waals surface area contributed by atoms with Gasteiger partial charge in [-0.05, 0) is 26.7 Å². The maximum atomic E-state index is 3.50. The van der Waals surface area contributed by atoms with Gasteiger partial charge in [-0.15, -0.1) is 11.8 Å². The fraction of sp³-hybridized carbons (Fsp3) is 0.889. The summed E-state index contributed by atoms with van der Waals surface area (Å²) in [6, 6.07) is 0. The van der Waals surface area contributed by atoms with E-state index in [1.165, 1.54) is 12.8 Å². The van der Waals surface area contributed by atoms with E-state index in [1.807, 2.05) is 11.8 Å². The van der Waals surface area contributed by atoms with E-state index < -0.39 is 0 Å². The molecule has 65 valence electrons. The van der Waals surface area contributed by atoms with Gasteiger partial charge in [0, 0.05) is 11.3 Å². The van der Waals surface area contributed by atoms with Crippen molar-refractivity contribution in [2.24, 2.45) is 0 Å². The average molecular weight is 172 g/mol. The van der Waals surface area contributed by atoms with Crippen LogP contribution in [-0.2, 0) is 0 Å². The molecule has 1 aliphatic rings. The minimum atomic E-state index is 0.312. The molecule has 1 aliphatic heterocycles. The first-order valence-corrected chi connectivity index (χ1v) is 5.17. The Bertz CT molecular complexity index is 138. The second-order valence-corrected chi connectivity index (χ2v) is 5.73. The number of thioether (sulfide) groups is 1. The topological polar surface area (TPSA) is 12.0 Å². The van der Waals surface area contributed by atoms with Gasteiger partial charge in [-0.2, -0.15) is 0 Å². The molecule has 0 saturated carbocycles. The number of hydrogen-bond donors (Lipinski definition) is 1. The lowest BCUT2D eigenvalue weighted by molar-refractivity contribution is 0.490. The Labute approximate surface area is 74.3 Å². The average Bonchev–Trinajstić information content (AvgIpc) is 2.28. The van der Waals surface area contributed by atoms with E-state index in [1.54, 1.807) is 0 Å². The highest BCUT2D eigenvalue weighted by atomic mass is 32.2. The predicted molar refractivity (Wildman–Crippen MR) is 52.4 cm³/mol. The molecule has 1 fully saturated rings. The number of hydrogen-bond acceptors (Lipinski definition) is 2. The van der Waals surface area contributed by atoms with E-state index in [2.05, 4.69) is 39.6 Å². The van der Waals surface area contributed by atoms with Crippen LogP contribution in [0.2, 0.25) is 0 Å². The second-order valence-electron chi connectivity index (χ2n) is 3.70. The normalized spacial score (nSPS) is 27.3. The molecule has 0 atom stereocenters. The van der Waals surface area contributed by atoms with Crippen LogP contribution < -0.4 is 5.32 Å². The summed E-state index contributed by atoms with van der Waals surface area (Å²) in [4.78, 5) is 0.323. The van der Waals surface area contributed by atoms with Crippen molar-refractivity contribution in [3.63, 3.8) is 0 Å².